The molecule has 1 aromatic heterocycles. The van der Waals surface area contributed by atoms with E-state index in [2.05, 4.69) is 10.1 Å². The molecule has 6 nitrogen and oxygen atoms in total. The largest absolute Gasteiger partial charge is 0.497 e. The summed E-state index contributed by atoms with van der Waals surface area (Å²) in [5.74, 6) is 1.39. The predicted molar refractivity (Wildman–Crippen MR) is 70.7 cm³/mol. The van der Waals surface area contributed by atoms with Crippen molar-refractivity contribution in [3.05, 3.63) is 30.3 Å². The first-order chi connectivity index (χ1) is 9.17. The van der Waals surface area contributed by atoms with E-state index in [0.29, 0.717) is 17.3 Å². The number of hydrogen-bond donors (Lipinski definition) is 1. The number of aliphatic imine (C=N–C) groups is 1. The number of rotatable bonds is 2. The number of methoxy groups -OCH3 is 1. The van der Waals surface area contributed by atoms with E-state index in [-0.39, 0.29) is 12.3 Å². The summed E-state index contributed by atoms with van der Waals surface area (Å²) in [5, 5.41) is 4.26. The summed E-state index contributed by atoms with van der Waals surface area (Å²) in [6.07, 6.45) is 0.108. The minimum absolute atomic E-state index is 0.108. The highest BCUT2D eigenvalue weighted by Gasteiger charge is 2.20. The summed E-state index contributed by atoms with van der Waals surface area (Å²) in [6, 6.07) is 9.18. The molecule has 2 heterocycles. The number of nitrogens with zero attached hydrogens (tertiary/aromatic N) is 3. The smallest absolute Gasteiger partial charge is 0.256 e. The lowest BCUT2D eigenvalue weighted by Gasteiger charge is -2.08. The summed E-state index contributed by atoms with van der Waals surface area (Å²) >= 11 is 0. The molecule has 0 bridgehead atoms. The molecule has 96 valence electrons. The Hall–Kier alpha value is -2.63. The molecule has 0 saturated heterocycles. The molecule has 6 heteroatoms. The molecular formula is C13H12N4O2. The molecule has 19 heavy (non-hydrogen) atoms. The summed E-state index contributed by atoms with van der Waals surface area (Å²) in [7, 11) is 1.61. The maximum atomic E-state index is 11.8. The van der Waals surface area contributed by atoms with Crippen molar-refractivity contribution in [1.82, 2.24) is 9.78 Å². The zero-order valence-corrected chi connectivity index (χ0v) is 10.3. The Morgan fingerprint density at radius 2 is 2.05 bits per heavy atom. The highest BCUT2D eigenvalue weighted by Crippen LogP contribution is 2.27. The molecule has 3 rings (SSSR count). The first kappa shape index (κ1) is 11.5. The van der Waals surface area contributed by atoms with Crippen LogP contribution >= 0.6 is 0 Å². The fourth-order valence-corrected chi connectivity index (χ4v) is 1.95. The summed E-state index contributed by atoms with van der Waals surface area (Å²) in [6.45, 7) is 0. The SMILES string of the molecule is COc1ccc(-c2cc3n(n2)C(=O)CC(N)=N3)cc1. The van der Waals surface area contributed by atoms with E-state index in [1.165, 1.54) is 4.68 Å². The van der Waals surface area contributed by atoms with E-state index in [4.69, 9.17) is 10.5 Å². The van der Waals surface area contributed by atoms with Crippen molar-refractivity contribution in [2.75, 3.05) is 7.11 Å². The molecule has 1 aliphatic rings. The van der Waals surface area contributed by atoms with Crippen LogP contribution in [-0.4, -0.2) is 28.6 Å². The monoisotopic (exact) mass is 256 g/mol. The van der Waals surface area contributed by atoms with E-state index < -0.39 is 0 Å². The third-order valence-electron chi connectivity index (χ3n) is 2.90. The number of carbonyl (C=O) groups excluding carboxylic acids is 1. The quantitative estimate of drug-likeness (QED) is 0.884. The molecule has 0 fully saturated rings. The van der Waals surface area contributed by atoms with E-state index in [9.17, 15) is 4.79 Å². The van der Waals surface area contributed by atoms with Crippen LogP contribution in [0.25, 0.3) is 11.3 Å². The number of benzene rings is 1. The number of amidine groups is 1. The molecule has 2 N–H and O–H groups in total. The van der Waals surface area contributed by atoms with Crippen LogP contribution in [0.3, 0.4) is 0 Å². The molecule has 2 aromatic rings. The Morgan fingerprint density at radius 3 is 2.74 bits per heavy atom. The van der Waals surface area contributed by atoms with Gasteiger partial charge in [-0.05, 0) is 24.3 Å². The van der Waals surface area contributed by atoms with Gasteiger partial charge in [-0.25, -0.2) is 4.99 Å². The van der Waals surface area contributed by atoms with Gasteiger partial charge >= 0.3 is 0 Å². The molecule has 0 amide bonds. The Balaban J connectivity index is 2.03. The maximum absolute atomic E-state index is 11.8. The third kappa shape index (κ3) is 1.97. The number of hydrogen-bond acceptors (Lipinski definition) is 5. The van der Waals surface area contributed by atoms with Gasteiger partial charge in [0.2, 0.25) is 0 Å². The zero-order chi connectivity index (χ0) is 13.4. The van der Waals surface area contributed by atoms with Gasteiger partial charge in [-0.3, -0.25) is 4.79 Å². The molecule has 0 saturated carbocycles. The maximum Gasteiger partial charge on any atom is 0.256 e. The van der Waals surface area contributed by atoms with Crippen molar-refractivity contribution < 1.29 is 9.53 Å². The minimum atomic E-state index is -0.165. The summed E-state index contributed by atoms with van der Waals surface area (Å²) in [4.78, 5) is 15.9. The number of fused-ring (bicyclic) bond motifs is 1. The fraction of sp³-hybridized carbons (Fsp3) is 0.154. The Labute approximate surface area is 109 Å². The van der Waals surface area contributed by atoms with E-state index >= 15 is 0 Å². The van der Waals surface area contributed by atoms with Crippen LogP contribution in [0.4, 0.5) is 5.82 Å². The van der Waals surface area contributed by atoms with Crippen molar-refractivity contribution in [2.24, 2.45) is 10.7 Å². The van der Waals surface area contributed by atoms with Gasteiger partial charge in [0.1, 0.15) is 11.6 Å². The van der Waals surface area contributed by atoms with Crippen molar-refractivity contribution in [3.8, 4) is 17.0 Å². The second kappa shape index (κ2) is 4.24. The van der Waals surface area contributed by atoms with Gasteiger partial charge in [0.15, 0.2) is 5.82 Å². The fourth-order valence-electron chi connectivity index (χ4n) is 1.95. The minimum Gasteiger partial charge on any atom is -0.497 e. The number of ether oxygens (including phenoxy) is 1. The molecule has 0 spiro atoms. The lowest BCUT2D eigenvalue weighted by atomic mass is 10.1. The van der Waals surface area contributed by atoms with Crippen molar-refractivity contribution in [2.45, 2.75) is 6.42 Å². The third-order valence-corrected chi connectivity index (χ3v) is 2.90. The number of carbonyl (C=O) groups is 1. The van der Waals surface area contributed by atoms with Crippen LogP contribution in [0.15, 0.2) is 35.3 Å². The van der Waals surface area contributed by atoms with Crippen LogP contribution in [0.1, 0.15) is 11.2 Å². The van der Waals surface area contributed by atoms with Crippen molar-refractivity contribution >= 4 is 17.6 Å². The van der Waals surface area contributed by atoms with Crippen molar-refractivity contribution in [1.29, 1.82) is 0 Å². The van der Waals surface area contributed by atoms with Crippen LogP contribution in [0, 0.1) is 0 Å². The van der Waals surface area contributed by atoms with Crippen molar-refractivity contribution in [3.63, 3.8) is 0 Å². The highest BCUT2D eigenvalue weighted by atomic mass is 16.5. The van der Waals surface area contributed by atoms with Gasteiger partial charge in [0.05, 0.1) is 19.2 Å². The van der Waals surface area contributed by atoms with Crippen LogP contribution in [0.2, 0.25) is 0 Å². The first-order valence-electron chi connectivity index (χ1n) is 5.78. The van der Waals surface area contributed by atoms with Gasteiger partial charge in [-0.15, -0.1) is 0 Å². The average Bonchev–Trinajstić information content (AvgIpc) is 2.83. The number of aromatic nitrogens is 2. The highest BCUT2D eigenvalue weighted by molar-refractivity contribution is 6.04. The van der Waals surface area contributed by atoms with E-state index in [0.717, 1.165) is 11.3 Å². The van der Waals surface area contributed by atoms with Crippen LogP contribution < -0.4 is 10.5 Å². The second-order valence-corrected chi connectivity index (χ2v) is 4.20. The normalized spacial score (nSPS) is 13.9. The molecule has 1 aliphatic heterocycles. The predicted octanol–water partition coefficient (Wildman–Crippen LogP) is 1.59. The lowest BCUT2D eigenvalue weighted by molar-refractivity contribution is 0.0906. The second-order valence-electron chi connectivity index (χ2n) is 4.20. The van der Waals surface area contributed by atoms with Gasteiger partial charge in [0, 0.05) is 11.6 Å². The van der Waals surface area contributed by atoms with Crippen LogP contribution in [0.5, 0.6) is 5.75 Å². The van der Waals surface area contributed by atoms with Gasteiger partial charge < -0.3 is 10.5 Å². The van der Waals surface area contributed by atoms with E-state index in [1.807, 2.05) is 24.3 Å². The standard InChI is InChI=1S/C13H12N4O2/c1-19-9-4-2-8(3-5-9)10-6-12-15-11(14)7-13(18)17(12)16-10/h2-6H,7H2,1H3,(H2,14,15). The van der Waals surface area contributed by atoms with Crippen LogP contribution in [-0.2, 0) is 0 Å². The molecule has 0 atom stereocenters. The zero-order valence-electron chi connectivity index (χ0n) is 10.3. The summed E-state index contributed by atoms with van der Waals surface area (Å²) < 4.78 is 6.39. The molecule has 0 aliphatic carbocycles. The van der Waals surface area contributed by atoms with E-state index in [1.54, 1.807) is 13.2 Å². The Morgan fingerprint density at radius 1 is 1.32 bits per heavy atom. The average molecular weight is 256 g/mol. The lowest BCUT2D eigenvalue weighted by Crippen LogP contribution is -2.25. The molecule has 1 aromatic carbocycles. The Bertz CT molecular complexity index is 670. The van der Waals surface area contributed by atoms with Gasteiger partial charge in [-0.2, -0.15) is 9.78 Å². The first-order valence-corrected chi connectivity index (χ1v) is 5.78. The summed E-state index contributed by atoms with van der Waals surface area (Å²) in [5.41, 5.74) is 7.17. The number of nitrogens with two attached hydrogens (primary N) is 1. The Kier molecular flexibility index (Phi) is 2.56. The molecule has 0 radical (unpaired) electrons. The molecular weight excluding hydrogens is 244 g/mol. The van der Waals surface area contributed by atoms with Gasteiger partial charge in [-0.1, -0.05) is 0 Å². The molecule has 0 unspecified atom stereocenters. The topological polar surface area (TPSA) is 82.5 Å². The van der Waals surface area contributed by atoms with Gasteiger partial charge in [0.25, 0.3) is 5.91 Å².